The van der Waals surface area contributed by atoms with Crippen LogP contribution in [0.25, 0.3) is 0 Å². The quantitative estimate of drug-likeness (QED) is 0.583. The number of nitrogens with one attached hydrogen (secondary N) is 2. The molecule has 0 aliphatic carbocycles. The van der Waals surface area contributed by atoms with Crippen molar-refractivity contribution in [3.8, 4) is 0 Å². The van der Waals surface area contributed by atoms with Gasteiger partial charge in [-0.3, -0.25) is 4.79 Å². The molecule has 1 fully saturated rings. The van der Waals surface area contributed by atoms with Crippen LogP contribution in [0.3, 0.4) is 0 Å². The average molecular weight is 199 g/mol. The summed E-state index contributed by atoms with van der Waals surface area (Å²) in [7, 11) is 0. The van der Waals surface area contributed by atoms with E-state index in [1.807, 2.05) is 13.8 Å². The Morgan fingerprint density at radius 1 is 1.64 bits per heavy atom. The largest absolute Gasteiger partial charge is 0.370 e. The van der Waals surface area contributed by atoms with Crippen LogP contribution in [0.15, 0.2) is 0 Å². The van der Waals surface area contributed by atoms with Crippen molar-refractivity contribution in [2.75, 3.05) is 13.1 Å². The molecule has 4 N–H and O–H groups in total. The lowest BCUT2D eigenvalue weighted by molar-refractivity contribution is -0.119. The van der Waals surface area contributed by atoms with Gasteiger partial charge in [-0.1, -0.05) is 0 Å². The fourth-order valence-electron chi connectivity index (χ4n) is 1.83. The molecule has 4 nitrogen and oxygen atoms in total. The van der Waals surface area contributed by atoms with E-state index >= 15 is 0 Å². The second kappa shape index (κ2) is 4.75. The number of hydrogen-bond donors (Lipinski definition) is 3. The maximum absolute atomic E-state index is 10.8. The molecule has 0 radical (unpaired) electrons. The molecule has 1 atom stereocenters. The van der Waals surface area contributed by atoms with E-state index in [1.54, 1.807) is 0 Å². The van der Waals surface area contributed by atoms with Crippen LogP contribution in [-0.4, -0.2) is 30.6 Å². The molecule has 1 rings (SSSR count). The summed E-state index contributed by atoms with van der Waals surface area (Å²) < 4.78 is 0. The number of rotatable bonds is 5. The van der Waals surface area contributed by atoms with Gasteiger partial charge in [0.1, 0.15) is 0 Å². The summed E-state index contributed by atoms with van der Waals surface area (Å²) in [5.41, 5.74) is 4.98. The Balaban J connectivity index is 2.23. The highest BCUT2D eigenvalue weighted by molar-refractivity contribution is 5.74. The lowest BCUT2D eigenvalue weighted by Gasteiger charge is -2.26. The van der Waals surface area contributed by atoms with Crippen LogP contribution in [0.1, 0.15) is 33.1 Å². The molecule has 14 heavy (non-hydrogen) atoms. The standard InChI is InChI=1S/C10H21N3O/c1-10(2,6-9(11)14)13-7-8-4-3-5-12-8/h8,12-13H,3-7H2,1-2H3,(H2,11,14). The summed E-state index contributed by atoms with van der Waals surface area (Å²) in [5, 5.41) is 6.77. The zero-order valence-corrected chi connectivity index (χ0v) is 9.10. The molecule has 0 aromatic heterocycles. The summed E-state index contributed by atoms with van der Waals surface area (Å²) >= 11 is 0. The highest BCUT2D eigenvalue weighted by Gasteiger charge is 2.22. The molecule has 1 heterocycles. The van der Waals surface area contributed by atoms with E-state index in [0.717, 1.165) is 13.1 Å². The maximum Gasteiger partial charge on any atom is 0.219 e. The Kier molecular flexibility index (Phi) is 3.89. The molecule has 0 bridgehead atoms. The molecular formula is C10H21N3O. The monoisotopic (exact) mass is 199 g/mol. The molecule has 1 aliphatic heterocycles. The minimum absolute atomic E-state index is 0.184. The van der Waals surface area contributed by atoms with Crippen molar-refractivity contribution in [2.24, 2.45) is 5.73 Å². The van der Waals surface area contributed by atoms with Crippen molar-refractivity contribution >= 4 is 5.91 Å². The molecule has 1 saturated heterocycles. The first-order valence-electron chi connectivity index (χ1n) is 5.26. The summed E-state index contributed by atoms with van der Waals surface area (Å²) in [6, 6.07) is 0.558. The smallest absolute Gasteiger partial charge is 0.219 e. The van der Waals surface area contributed by atoms with E-state index in [-0.39, 0.29) is 11.4 Å². The maximum atomic E-state index is 10.8. The van der Waals surface area contributed by atoms with E-state index in [0.29, 0.717) is 12.5 Å². The highest BCUT2D eigenvalue weighted by Crippen LogP contribution is 2.09. The number of carbonyl (C=O) groups is 1. The van der Waals surface area contributed by atoms with Gasteiger partial charge >= 0.3 is 0 Å². The Hall–Kier alpha value is -0.610. The van der Waals surface area contributed by atoms with Crippen LogP contribution >= 0.6 is 0 Å². The van der Waals surface area contributed by atoms with Crippen LogP contribution in [0, 0.1) is 0 Å². The summed E-state index contributed by atoms with van der Waals surface area (Å²) in [6.07, 6.45) is 2.86. The first kappa shape index (κ1) is 11.5. The molecule has 4 heteroatoms. The Labute approximate surface area is 85.6 Å². The zero-order valence-electron chi connectivity index (χ0n) is 9.10. The van der Waals surface area contributed by atoms with E-state index in [4.69, 9.17) is 5.73 Å². The summed E-state index contributed by atoms with van der Waals surface area (Å²) in [5.74, 6) is -0.248. The minimum atomic E-state index is -0.248. The molecular weight excluding hydrogens is 178 g/mol. The molecule has 1 aliphatic rings. The molecule has 0 spiro atoms. The average Bonchev–Trinajstić information content (AvgIpc) is 2.50. The van der Waals surface area contributed by atoms with Gasteiger partial charge in [0.25, 0.3) is 0 Å². The molecule has 0 aromatic rings. The third-order valence-corrected chi connectivity index (χ3v) is 2.61. The molecule has 0 saturated carbocycles. The van der Waals surface area contributed by atoms with Crippen molar-refractivity contribution in [1.82, 2.24) is 10.6 Å². The molecule has 1 amide bonds. The van der Waals surface area contributed by atoms with Crippen LogP contribution < -0.4 is 16.4 Å². The third kappa shape index (κ3) is 4.07. The topological polar surface area (TPSA) is 67.2 Å². The van der Waals surface area contributed by atoms with Gasteiger partial charge in [-0.15, -0.1) is 0 Å². The Morgan fingerprint density at radius 3 is 2.86 bits per heavy atom. The number of primary amides is 1. The van der Waals surface area contributed by atoms with Crippen molar-refractivity contribution in [3.63, 3.8) is 0 Å². The van der Waals surface area contributed by atoms with Crippen LogP contribution in [0.2, 0.25) is 0 Å². The Bertz CT molecular complexity index is 198. The second-order valence-corrected chi connectivity index (χ2v) is 4.70. The van der Waals surface area contributed by atoms with Gasteiger partial charge in [-0.2, -0.15) is 0 Å². The number of nitrogens with two attached hydrogens (primary N) is 1. The van der Waals surface area contributed by atoms with Gasteiger partial charge in [-0.05, 0) is 33.2 Å². The Morgan fingerprint density at radius 2 is 2.36 bits per heavy atom. The van der Waals surface area contributed by atoms with Crippen molar-refractivity contribution < 1.29 is 4.79 Å². The fourth-order valence-corrected chi connectivity index (χ4v) is 1.83. The van der Waals surface area contributed by atoms with Crippen molar-refractivity contribution in [2.45, 2.75) is 44.7 Å². The van der Waals surface area contributed by atoms with E-state index in [9.17, 15) is 4.79 Å². The van der Waals surface area contributed by atoms with Crippen LogP contribution in [-0.2, 0) is 4.79 Å². The number of hydrogen-bond acceptors (Lipinski definition) is 3. The SMILES string of the molecule is CC(C)(CC(N)=O)NCC1CCCN1. The predicted molar refractivity (Wildman–Crippen MR) is 56.9 cm³/mol. The van der Waals surface area contributed by atoms with Gasteiger partial charge in [0.2, 0.25) is 5.91 Å². The third-order valence-electron chi connectivity index (χ3n) is 2.61. The van der Waals surface area contributed by atoms with Crippen LogP contribution in [0.5, 0.6) is 0 Å². The highest BCUT2D eigenvalue weighted by atomic mass is 16.1. The van der Waals surface area contributed by atoms with Gasteiger partial charge in [0.15, 0.2) is 0 Å². The normalized spacial score (nSPS) is 22.6. The number of amides is 1. The first-order chi connectivity index (χ1) is 6.49. The van der Waals surface area contributed by atoms with E-state index < -0.39 is 0 Å². The fraction of sp³-hybridized carbons (Fsp3) is 0.900. The van der Waals surface area contributed by atoms with Crippen LogP contribution in [0.4, 0.5) is 0 Å². The molecule has 1 unspecified atom stereocenters. The van der Waals surface area contributed by atoms with Gasteiger partial charge < -0.3 is 16.4 Å². The van der Waals surface area contributed by atoms with E-state index in [2.05, 4.69) is 10.6 Å². The second-order valence-electron chi connectivity index (χ2n) is 4.70. The molecule has 0 aromatic carbocycles. The lowest BCUT2D eigenvalue weighted by Crippen LogP contribution is -2.47. The van der Waals surface area contributed by atoms with Crippen molar-refractivity contribution in [3.05, 3.63) is 0 Å². The minimum Gasteiger partial charge on any atom is -0.370 e. The zero-order chi connectivity index (χ0) is 10.6. The lowest BCUT2D eigenvalue weighted by atomic mass is 10.00. The summed E-state index contributed by atoms with van der Waals surface area (Å²) in [6.45, 7) is 6.04. The molecule has 82 valence electrons. The van der Waals surface area contributed by atoms with Gasteiger partial charge in [0, 0.05) is 24.5 Å². The number of carbonyl (C=O) groups excluding carboxylic acids is 1. The first-order valence-corrected chi connectivity index (χ1v) is 5.26. The van der Waals surface area contributed by atoms with Gasteiger partial charge in [0.05, 0.1) is 0 Å². The predicted octanol–water partition coefficient (Wildman–Crippen LogP) is -0.0180. The van der Waals surface area contributed by atoms with Crippen molar-refractivity contribution in [1.29, 1.82) is 0 Å². The van der Waals surface area contributed by atoms with Gasteiger partial charge in [-0.25, -0.2) is 0 Å². The van der Waals surface area contributed by atoms with E-state index in [1.165, 1.54) is 12.8 Å². The summed E-state index contributed by atoms with van der Waals surface area (Å²) in [4.78, 5) is 10.8.